The van der Waals surface area contributed by atoms with Gasteiger partial charge < -0.3 is 14.6 Å². The van der Waals surface area contributed by atoms with Crippen LogP contribution in [-0.2, 0) is 11.2 Å². The maximum Gasteiger partial charge on any atom is 0.228 e. The maximum absolute atomic E-state index is 12.7. The SMILES string of the molecule is Cc1oc(-c2ccsc2)nc1CC(=O)N1CCC2CCC(C1)N2. The van der Waals surface area contributed by atoms with Crippen molar-refractivity contribution in [1.82, 2.24) is 15.2 Å². The number of fused-ring (bicyclic) bond motifs is 2. The normalized spacial score (nSPS) is 24.0. The van der Waals surface area contributed by atoms with Gasteiger partial charge in [-0.25, -0.2) is 4.98 Å². The molecule has 4 heterocycles. The molecule has 1 N–H and O–H groups in total. The van der Waals surface area contributed by atoms with Crippen LogP contribution in [-0.4, -0.2) is 41.0 Å². The molecule has 0 spiro atoms. The smallest absolute Gasteiger partial charge is 0.228 e. The number of hydrogen-bond donors (Lipinski definition) is 1. The largest absolute Gasteiger partial charge is 0.441 e. The third-order valence-corrected chi connectivity index (χ3v) is 5.54. The van der Waals surface area contributed by atoms with E-state index in [1.54, 1.807) is 11.3 Å². The van der Waals surface area contributed by atoms with Gasteiger partial charge in [-0.1, -0.05) is 0 Å². The van der Waals surface area contributed by atoms with Gasteiger partial charge in [0.15, 0.2) is 0 Å². The van der Waals surface area contributed by atoms with E-state index in [-0.39, 0.29) is 5.91 Å². The fraction of sp³-hybridized carbons (Fsp3) is 0.529. The van der Waals surface area contributed by atoms with Crippen molar-refractivity contribution in [2.45, 2.75) is 44.7 Å². The molecule has 0 aromatic carbocycles. The van der Waals surface area contributed by atoms with Crippen LogP contribution in [0.1, 0.15) is 30.7 Å². The highest BCUT2D eigenvalue weighted by Gasteiger charge is 2.31. The number of likely N-dealkylation sites (tertiary alicyclic amines) is 1. The molecule has 2 aliphatic heterocycles. The quantitative estimate of drug-likeness (QED) is 0.939. The Morgan fingerprint density at radius 2 is 2.30 bits per heavy atom. The summed E-state index contributed by atoms with van der Waals surface area (Å²) in [6.07, 6.45) is 3.82. The summed E-state index contributed by atoms with van der Waals surface area (Å²) in [6.45, 7) is 3.56. The molecule has 23 heavy (non-hydrogen) atoms. The maximum atomic E-state index is 12.7. The highest BCUT2D eigenvalue weighted by Crippen LogP contribution is 2.25. The molecule has 4 rings (SSSR count). The van der Waals surface area contributed by atoms with Gasteiger partial charge in [-0.3, -0.25) is 4.79 Å². The van der Waals surface area contributed by atoms with Gasteiger partial charge in [0.05, 0.1) is 12.1 Å². The zero-order valence-corrected chi connectivity index (χ0v) is 14.1. The summed E-state index contributed by atoms with van der Waals surface area (Å²) in [5.41, 5.74) is 1.74. The van der Waals surface area contributed by atoms with Gasteiger partial charge in [0, 0.05) is 36.1 Å². The predicted octanol–water partition coefficient (Wildman–Crippen LogP) is 2.61. The van der Waals surface area contributed by atoms with Crippen molar-refractivity contribution in [3.05, 3.63) is 28.3 Å². The zero-order valence-electron chi connectivity index (χ0n) is 13.2. The fourth-order valence-electron chi connectivity index (χ4n) is 3.53. The summed E-state index contributed by atoms with van der Waals surface area (Å²) >= 11 is 1.61. The van der Waals surface area contributed by atoms with Crippen molar-refractivity contribution in [1.29, 1.82) is 0 Å². The minimum atomic E-state index is 0.160. The van der Waals surface area contributed by atoms with Crippen molar-refractivity contribution in [3.63, 3.8) is 0 Å². The molecule has 2 unspecified atom stereocenters. The van der Waals surface area contributed by atoms with E-state index >= 15 is 0 Å². The Kier molecular flexibility index (Phi) is 3.95. The number of nitrogens with one attached hydrogen (secondary N) is 1. The van der Waals surface area contributed by atoms with Crippen LogP contribution in [0.15, 0.2) is 21.2 Å². The molecule has 2 fully saturated rings. The van der Waals surface area contributed by atoms with Crippen molar-refractivity contribution < 1.29 is 9.21 Å². The van der Waals surface area contributed by atoms with Gasteiger partial charge in [-0.2, -0.15) is 11.3 Å². The molecule has 2 aromatic rings. The van der Waals surface area contributed by atoms with Crippen LogP contribution in [0.5, 0.6) is 0 Å². The third kappa shape index (κ3) is 3.05. The zero-order chi connectivity index (χ0) is 15.8. The van der Waals surface area contributed by atoms with Gasteiger partial charge >= 0.3 is 0 Å². The number of aryl methyl sites for hydroxylation is 1. The minimum absolute atomic E-state index is 0.160. The van der Waals surface area contributed by atoms with Gasteiger partial charge in [-0.05, 0) is 37.6 Å². The predicted molar refractivity (Wildman–Crippen MR) is 89.4 cm³/mol. The molecular weight excluding hydrogens is 310 g/mol. The Balaban J connectivity index is 1.46. The Hall–Kier alpha value is -1.66. The lowest BCUT2D eigenvalue weighted by molar-refractivity contribution is -0.130. The van der Waals surface area contributed by atoms with Crippen molar-refractivity contribution in [2.75, 3.05) is 13.1 Å². The Morgan fingerprint density at radius 3 is 3.13 bits per heavy atom. The van der Waals surface area contributed by atoms with Crippen LogP contribution in [0.2, 0.25) is 0 Å². The number of carbonyl (C=O) groups is 1. The second kappa shape index (κ2) is 6.09. The van der Waals surface area contributed by atoms with E-state index in [2.05, 4.69) is 10.3 Å². The number of thiophene rings is 1. The first kappa shape index (κ1) is 14.9. The summed E-state index contributed by atoms with van der Waals surface area (Å²) in [5.74, 6) is 1.52. The van der Waals surface area contributed by atoms with E-state index < -0.39 is 0 Å². The van der Waals surface area contributed by atoms with E-state index in [4.69, 9.17) is 4.42 Å². The van der Waals surface area contributed by atoms with Gasteiger partial charge in [-0.15, -0.1) is 0 Å². The molecule has 5 nitrogen and oxygen atoms in total. The molecule has 0 aliphatic carbocycles. The molecule has 2 aromatic heterocycles. The van der Waals surface area contributed by atoms with Crippen LogP contribution in [0.25, 0.3) is 11.5 Å². The lowest BCUT2D eigenvalue weighted by Crippen LogP contribution is -2.39. The minimum Gasteiger partial charge on any atom is -0.441 e. The number of aromatic nitrogens is 1. The average Bonchev–Trinajstić information content (AvgIpc) is 3.21. The number of nitrogens with zero attached hydrogens (tertiary/aromatic N) is 2. The van der Waals surface area contributed by atoms with Crippen molar-refractivity contribution in [2.24, 2.45) is 0 Å². The lowest BCUT2D eigenvalue weighted by Gasteiger charge is -2.24. The molecule has 122 valence electrons. The summed E-state index contributed by atoms with van der Waals surface area (Å²) in [5, 5.41) is 7.62. The van der Waals surface area contributed by atoms with E-state index in [1.807, 2.05) is 28.7 Å². The van der Waals surface area contributed by atoms with Crippen LogP contribution < -0.4 is 5.32 Å². The number of oxazole rings is 1. The van der Waals surface area contributed by atoms with Gasteiger partial charge in [0.25, 0.3) is 0 Å². The highest BCUT2D eigenvalue weighted by atomic mass is 32.1. The van der Waals surface area contributed by atoms with Crippen LogP contribution in [0.3, 0.4) is 0 Å². The highest BCUT2D eigenvalue weighted by molar-refractivity contribution is 7.08. The molecule has 2 aliphatic rings. The van der Waals surface area contributed by atoms with Crippen LogP contribution in [0, 0.1) is 6.92 Å². The van der Waals surface area contributed by atoms with E-state index in [0.29, 0.717) is 24.4 Å². The van der Waals surface area contributed by atoms with Crippen LogP contribution in [0.4, 0.5) is 0 Å². The summed E-state index contributed by atoms with van der Waals surface area (Å²) < 4.78 is 5.73. The second-order valence-electron chi connectivity index (χ2n) is 6.48. The molecular formula is C17H21N3O2S. The Bertz CT molecular complexity index is 695. The molecule has 2 saturated heterocycles. The van der Waals surface area contributed by atoms with E-state index in [0.717, 1.165) is 36.5 Å². The number of rotatable bonds is 3. The van der Waals surface area contributed by atoms with Gasteiger partial charge in [0.1, 0.15) is 5.76 Å². The standard InChI is InChI=1S/C17H21N3O2S/c1-11-15(19-17(22-11)12-5-7-23-10-12)8-16(21)20-6-4-13-2-3-14(9-20)18-13/h5,7,10,13-14,18H,2-4,6,8-9H2,1H3. The summed E-state index contributed by atoms with van der Waals surface area (Å²) in [4.78, 5) is 19.2. The molecule has 6 heteroatoms. The van der Waals surface area contributed by atoms with Crippen LogP contribution >= 0.6 is 11.3 Å². The molecule has 0 radical (unpaired) electrons. The van der Waals surface area contributed by atoms with E-state index in [1.165, 1.54) is 12.8 Å². The number of amides is 1. The molecule has 0 saturated carbocycles. The monoisotopic (exact) mass is 331 g/mol. The second-order valence-corrected chi connectivity index (χ2v) is 7.26. The fourth-order valence-corrected chi connectivity index (χ4v) is 4.16. The van der Waals surface area contributed by atoms with Crippen molar-refractivity contribution >= 4 is 17.2 Å². The number of hydrogen-bond acceptors (Lipinski definition) is 5. The topological polar surface area (TPSA) is 58.4 Å². The third-order valence-electron chi connectivity index (χ3n) is 4.86. The van der Waals surface area contributed by atoms with E-state index in [9.17, 15) is 4.79 Å². The molecule has 2 atom stereocenters. The Labute approximate surface area is 139 Å². The summed E-state index contributed by atoms with van der Waals surface area (Å²) in [7, 11) is 0. The van der Waals surface area contributed by atoms with Crippen molar-refractivity contribution in [3.8, 4) is 11.5 Å². The Morgan fingerprint density at radius 1 is 1.43 bits per heavy atom. The summed E-state index contributed by atoms with van der Waals surface area (Å²) in [6, 6.07) is 3.04. The first-order chi connectivity index (χ1) is 11.2. The lowest BCUT2D eigenvalue weighted by atomic mass is 10.1. The van der Waals surface area contributed by atoms with Gasteiger partial charge in [0.2, 0.25) is 11.8 Å². The first-order valence-corrected chi connectivity index (χ1v) is 9.16. The number of carbonyl (C=O) groups excluding carboxylic acids is 1. The average molecular weight is 331 g/mol. The molecule has 1 amide bonds. The molecule has 2 bridgehead atoms. The first-order valence-electron chi connectivity index (χ1n) is 8.22.